The SMILES string of the molecule is CCN(CC)CCCn1cc(C2=C(c3c[nH]c4ccccc34)C(=O)NC2=O)c2cc(F)ccc21.Cl. The molecule has 0 atom stereocenters. The zero-order valence-corrected chi connectivity index (χ0v) is 20.5. The molecule has 8 heteroatoms. The van der Waals surface area contributed by atoms with E-state index in [1.807, 2.05) is 30.5 Å². The number of imide groups is 1. The summed E-state index contributed by atoms with van der Waals surface area (Å²) in [6.45, 7) is 7.94. The van der Waals surface area contributed by atoms with Gasteiger partial charge in [0.2, 0.25) is 0 Å². The number of para-hydroxylation sites is 1. The third kappa shape index (κ3) is 4.37. The number of nitrogens with zero attached hydrogens (tertiary/aromatic N) is 2. The summed E-state index contributed by atoms with van der Waals surface area (Å²) in [6.07, 6.45) is 4.55. The number of carbonyl (C=O) groups excluding carboxylic acids is 2. The lowest BCUT2D eigenvalue weighted by atomic mass is 9.95. The zero-order chi connectivity index (χ0) is 23.8. The van der Waals surface area contributed by atoms with Gasteiger partial charge < -0.3 is 14.5 Å². The Bertz CT molecular complexity index is 1450. The Morgan fingerprint density at radius 2 is 1.66 bits per heavy atom. The molecule has 0 bridgehead atoms. The maximum Gasteiger partial charge on any atom is 0.259 e. The van der Waals surface area contributed by atoms with Crippen molar-refractivity contribution >= 4 is 57.2 Å². The van der Waals surface area contributed by atoms with Crippen LogP contribution in [0.1, 0.15) is 31.4 Å². The van der Waals surface area contributed by atoms with Crippen molar-refractivity contribution in [3.63, 3.8) is 0 Å². The molecule has 0 aliphatic carbocycles. The van der Waals surface area contributed by atoms with Gasteiger partial charge in [-0.3, -0.25) is 14.9 Å². The number of aromatic amines is 1. The number of aryl methyl sites for hydroxylation is 1. The number of hydrogen-bond acceptors (Lipinski definition) is 3. The van der Waals surface area contributed by atoms with Crippen molar-refractivity contribution in [2.75, 3.05) is 19.6 Å². The molecule has 1 aliphatic heterocycles. The standard InChI is InChI=1S/C27H27FN4O2.ClH/c1-3-31(4-2)12-7-13-32-16-21(19-14-17(28)10-11-23(19)32)25-24(26(33)30-27(25)34)20-15-29-22-9-6-5-8-18(20)22;/h5-6,8-11,14-16,29H,3-4,7,12-13H2,1-2H3,(H,30,33,34);1H. The average molecular weight is 495 g/mol. The van der Waals surface area contributed by atoms with Crippen molar-refractivity contribution in [1.29, 1.82) is 0 Å². The highest BCUT2D eigenvalue weighted by Crippen LogP contribution is 2.38. The normalized spacial score (nSPS) is 13.8. The third-order valence-corrected chi connectivity index (χ3v) is 6.67. The molecule has 0 unspecified atom stereocenters. The van der Waals surface area contributed by atoms with Crippen molar-refractivity contribution in [3.8, 4) is 0 Å². The van der Waals surface area contributed by atoms with E-state index in [1.54, 1.807) is 12.3 Å². The largest absolute Gasteiger partial charge is 0.361 e. The number of fused-ring (bicyclic) bond motifs is 2. The highest BCUT2D eigenvalue weighted by molar-refractivity contribution is 6.50. The molecule has 2 amide bonds. The topological polar surface area (TPSA) is 70.1 Å². The van der Waals surface area contributed by atoms with Gasteiger partial charge in [-0.25, -0.2) is 4.39 Å². The average Bonchev–Trinajstić information content (AvgIpc) is 3.49. The van der Waals surface area contributed by atoms with Crippen molar-refractivity contribution in [1.82, 2.24) is 19.8 Å². The van der Waals surface area contributed by atoms with Gasteiger partial charge in [-0.2, -0.15) is 0 Å². The lowest BCUT2D eigenvalue weighted by molar-refractivity contribution is -0.122. The number of hydrogen-bond donors (Lipinski definition) is 2. The van der Waals surface area contributed by atoms with Crippen LogP contribution in [0.15, 0.2) is 54.9 Å². The Hall–Kier alpha value is -3.42. The second-order valence-corrected chi connectivity index (χ2v) is 8.56. The van der Waals surface area contributed by atoms with Crippen LogP contribution in [0.2, 0.25) is 0 Å². The van der Waals surface area contributed by atoms with Gasteiger partial charge in [0.25, 0.3) is 11.8 Å². The van der Waals surface area contributed by atoms with Gasteiger partial charge in [-0.1, -0.05) is 32.0 Å². The summed E-state index contributed by atoms with van der Waals surface area (Å²) in [5.41, 5.74) is 3.55. The Balaban J connectivity index is 0.00000289. The molecular weight excluding hydrogens is 467 g/mol. The van der Waals surface area contributed by atoms with Crippen molar-refractivity contribution in [3.05, 3.63) is 71.8 Å². The van der Waals surface area contributed by atoms with E-state index >= 15 is 0 Å². The van der Waals surface area contributed by atoms with Gasteiger partial charge in [0.15, 0.2) is 0 Å². The summed E-state index contributed by atoms with van der Waals surface area (Å²) in [5.74, 6) is -1.28. The van der Waals surface area contributed by atoms with Gasteiger partial charge in [0.05, 0.1) is 11.1 Å². The fourth-order valence-electron chi connectivity index (χ4n) is 4.91. The van der Waals surface area contributed by atoms with Gasteiger partial charge in [0.1, 0.15) is 5.82 Å². The Labute approximate surface area is 209 Å². The summed E-state index contributed by atoms with van der Waals surface area (Å²) in [7, 11) is 0. The molecule has 0 saturated heterocycles. The van der Waals surface area contributed by atoms with E-state index in [4.69, 9.17) is 0 Å². The lowest BCUT2D eigenvalue weighted by Crippen LogP contribution is -2.24. The summed E-state index contributed by atoms with van der Waals surface area (Å²) >= 11 is 0. The maximum atomic E-state index is 14.3. The number of H-pyrrole nitrogens is 1. The van der Waals surface area contributed by atoms with Crippen LogP contribution >= 0.6 is 12.4 Å². The molecule has 0 radical (unpaired) electrons. The van der Waals surface area contributed by atoms with E-state index in [0.717, 1.165) is 49.0 Å². The van der Waals surface area contributed by atoms with E-state index in [-0.39, 0.29) is 23.8 Å². The molecule has 35 heavy (non-hydrogen) atoms. The van der Waals surface area contributed by atoms with Crippen molar-refractivity contribution < 1.29 is 14.0 Å². The molecule has 6 nitrogen and oxygen atoms in total. The zero-order valence-electron chi connectivity index (χ0n) is 19.7. The molecule has 2 aromatic carbocycles. The predicted molar refractivity (Wildman–Crippen MR) is 140 cm³/mol. The number of halogens is 2. The second kappa shape index (κ2) is 10.1. The Morgan fingerprint density at radius 1 is 0.943 bits per heavy atom. The number of carbonyl (C=O) groups is 2. The molecule has 2 aromatic heterocycles. The fraction of sp³-hybridized carbons (Fsp3) is 0.259. The molecule has 2 N–H and O–H groups in total. The molecule has 5 rings (SSSR count). The van der Waals surface area contributed by atoms with Crippen LogP contribution in [-0.4, -0.2) is 45.9 Å². The number of amides is 2. The van der Waals surface area contributed by atoms with E-state index < -0.39 is 11.8 Å². The maximum absolute atomic E-state index is 14.3. The molecule has 0 spiro atoms. The van der Waals surface area contributed by atoms with E-state index in [0.29, 0.717) is 22.1 Å². The minimum Gasteiger partial charge on any atom is -0.361 e. The summed E-state index contributed by atoms with van der Waals surface area (Å²) in [4.78, 5) is 31.5. The number of rotatable bonds is 8. The van der Waals surface area contributed by atoms with Crippen LogP contribution in [0.3, 0.4) is 0 Å². The minimum absolute atomic E-state index is 0. The van der Waals surface area contributed by atoms with Gasteiger partial charge in [-0.05, 0) is 50.3 Å². The van der Waals surface area contributed by atoms with Crippen LogP contribution in [0, 0.1) is 5.82 Å². The first kappa shape index (κ1) is 24.7. The monoisotopic (exact) mass is 494 g/mol. The molecule has 0 saturated carbocycles. The Morgan fingerprint density at radius 3 is 2.40 bits per heavy atom. The summed E-state index contributed by atoms with van der Waals surface area (Å²) < 4.78 is 16.4. The summed E-state index contributed by atoms with van der Waals surface area (Å²) in [6, 6.07) is 12.3. The van der Waals surface area contributed by atoms with E-state index in [1.165, 1.54) is 12.1 Å². The number of nitrogens with one attached hydrogen (secondary N) is 2. The first-order valence-electron chi connectivity index (χ1n) is 11.7. The van der Waals surface area contributed by atoms with Crippen LogP contribution in [-0.2, 0) is 16.1 Å². The van der Waals surface area contributed by atoms with Gasteiger partial charge in [-0.15, -0.1) is 12.4 Å². The highest BCUT2D eigenvalue weighted by Gasteiger charge is 2.35. The molecule has 182 valence electrons. The Kier molecular flexibility index (Phi) is 7.10. The smallest absolute Gasteiger partial charge is 0.259 e. The van der Waals surface area contributed by atoms with E-state index in [9.17, 15) is 14.0 Å². The van der Waals surface area contributed by atoms with Gasteiger partial charge in [0, 0.05) is 51.9 Å². The second-order valence-electron chi connectivity index (χ2n) is 8.56. The minimum atomic E-state index is -0.461. The third-order valence-electron chi connectivity index (χ3n) is 6.67. The summed E-state index contributed by atoms with van der Waals surface area (Å²) in [5, 5.41) is 3.94. The number of aromatic nitrogens is 2. The molecule has 1 aliphatic rings. The number of benzene rings is 2. The highest BCUT2D eigenvalue weighted by atomic mass is 35.5. The van der Waals surface area contributed by atoms with Crippen LogP contribution in [0.4, 0.5) is 4.39 Å². The van der Waals surface area contributed by atoms with Crippen LogP contribution < -0.4 is 5.32 Å². The lowest BCUT2D eigenvalue weighted by Gasteiger charge is -2.18. The quantitative estimate of drug-likeness (QED) is 0.339. The molecule has 0 fully saturated rings. The van der Waals surface area contributed by atoms with Gasteiger partial charge >= 0.3 is 0 Å². The van der Waals surface area contributed by atoms with E-state index in [2.05, 4.69) is 33.6 Å². The molecule has 4 aromatic rings. The van der Waals surface area contributed by atoms with Crippen molar-refractivity contribution in [2.24, 2.45) is 0 Å². The molecular formula is C27H28ClFN4O2. The van der Waals surface area contributed by atoms with Crippen LogP contribution in [0.25, 0.3) is 33.0 Å². The van der Waals surface area contributed by atoms with Crippen LogP contribution in [0.5, 0.6) is 0 Å². The van der Waals surface area contributed by atoms with Crippen molar-refractivity contribution in [2.45, 2.75) is 26.8 Å². The predicted octanol–water partition coefficient (Wildman–Crippen LogP) is 4.98. The fourth-order valence-corrected chi connectivity index (χ4v) is 4.91. The molecule has 3 heterocycles. The first-order valence-corrected chi connectivity index (χ1v) is 11.7. The first-order chi connectivity index (χ1) is 16.5.